The second-order valence-electron chi connectivity index (χ2n) is 6.03. The van der Waals surface area contributed by atoms with E-state index in [1.807, 2.05) is 0 Å². The van der Waals surface area contributed by atoms with Gasteiger partial charge in [-0.15, -0.1) is 0 Å². The molecule has 0 radical (unpaired) electrons. The molecule has 1 fully saturated rings. The molecular formula is C17H18FN3O4S. The largest absolute Gasteiger partial charge is 0.428 e. The minimum Gasteiger partial charge on any atom is -0.390 e. The Morgan fingerprint density at radius 3 is 2.69 bits per heavy atom. The second kappa shape index (κ2) is 7.79. The zero-order chi connectivity index (χ0) is 18.6. The first-order valence-corrected chi connectivity index (χ1v) is 9.86. The highest BCUT2D eigenvalue weighted by Crippen LogP contribution is 2.13. The molecule has 1 unspecified atom stereocenters. The maximum atomic E-state index is 12.9. The van der Waals surface area contributed by atoms with Crippen LogP contribution in [0.2, 0.25) is 0 Å². The third kappa shape index (κ3) is 5.24. The van der Waals surface area contributed by atoms with Crippen molar-refractivity contribution in [2.24, 2.45) is 0 Å². The van der Waals surface area contributed by atoms with Gasteiger partial charge in [-0.3, -0.25) is 5.43 Å². The van der Waals surface area contributed by atoms with Gasteiger partial charge in [0.05, 0.1) is 11.5 Å². The van der Waals surface area contributed by atoms with Crippen molar-refractivity contribution in [1.29, 1.82) is 0 Å². The molecule has 138 valence electrons. The fourth-order valence-corrected chi connectivity index (χ4v) is 4.29. The average molecular weight is 379 g/mol. The van der Waals surface area contributed by atoms with Gasteiger partial charge in [-0.1, -0.05) is 18.2 Å². The van der Waals surface area contributed by atoms with Gasteiger partial charge >= 0.3 is 6.09 Å². The van der Waals surface area contributed by atoms with Crippen molar-refractivity contribution in [3.8, 4) is 5.88 Å². The molecule has 0 aliphatic carbocycles. The highest BCUT2D eigenvalue weighted by atomic mass is 32.2. The first kappa shape index (κ1) is 18.3. The number of pyridine rings is 1. The van der Waals surface area contributed by atoms with Crippen LogP contribution in [0.5, 0.6) is 5.88 Å². The Labute approximate surface area is 150 Å². The third-order valence-electron chi connectivity index (χ3n) is 3.89. The van der Waals surface area contributed by atoms with Crippen molar-refractivity contribution >= 4 is 15.9 Å². The van der Waals surface area contributed by atoms with Gasteiger partial charge in [0.1, 0.15) is 5.82 Å². The molecule has 1 aromatic heterocycles. The van der Waals surface area contributed by atoms with Gasteiger partial charge < -0.3 is 4.74 Å². The molecule has 9 heteroatoms. The van der Waals surface area contributed by atoms with E-state index in [2.05, 4.69) is 15.8 Å². The quantitative estimate of drug-likeness (QED) is 0.766. The van der Waals surface area contributed by atoms with Gasteiger partial charge in [-0.2, -0.15) is 0 Å². The van der Waals surface area contributed by atoms with Crippen molar-refractivity contribution in [2.45, 2.75) is 18.9 Å². The number of amides is 1. The van der Waals surface area contributed by atoms with E-state index in [4.69, 9.17) is 4.74 Å². The summed E-state index contributed by atoms with van der Waals surface area (Å²) in [5, 5.41) is 0. The molecule has 1 aliphatic rings. The standard InChI is InChI=1S/C17H18FN3O4S/c18-13-6-4-12(5-7-13)10-14-2-1-3-16(19-14)25-17(22)21-20-15-8-9-26(23,24)11-15/h1-7,15,20H,8-11H2,(H,21,22). The lowest BCUT2D eigenvalue weighted by atomic mass is 10.1. The number of hydrazine groups is 1. The molecule has 2 N–H and O–H groups in total. The Balaban J connectivity index is 1.53. The number of sulfone groups is 1. The third-order valence-corrected chi connectivity index (χ3v) is 5.66. The topological polar surface area (TPSA) is 97.4 Å². The highest BCUT2D eigenvalue weighted by molar-refractivity contribution is 7.91. The predicted octanol–water partition coefficient (Wildman–Crippen LogP) is 1.59. The summed E-state index contributed by atoms with van der Waals surface area (Å²) in [6.45, 7) is 0. The Morgan fingerprint density at radius 2 is 2.00 bits per heavy atom. The number of nitrogens with one attached hydrogen (secondary N) is 2. The number of carbonyl (C=O) groups is 1. The maximum absolute atomic E-state index is 12.9. The molecule has 7 nitrogen and oxygen atoms in total. The molecule has 1 aliphatic heterocycles. The fraction of sp³-hybridized carbons (Fsp3) is 0.294. The van der Waals surface area contributed by atoms with Crippen molar-refractivity contribution in [2.75, 3.05) is 11.5 Å². The molecule has 1 saturated heterocycles. The number of hydrogen-bond donors (Lipinski definition) is 2. The molecule has 2 heterocycles. The van der Waals surface area contributed by atoms with Crippen LogP contribution in [0.1, 0.15) is 17.7 Å². The lowest BCUT2D eigenvalue weighted by Gasteiger charge is -2.12. The monoisotopic (exact) mass is 379 g/mol. The molecule has 0 bridgehead atoms. The first-order chi connectivity index (χ1) is 12.4. The summed E-state index contributed by atoms with van der Waals surface area (Å²) in [5.41, 5.74) is 6.52. The van der Waals surface area contributed by atoms with Crippen molar-refractivity contribution < 1.29 is 22.3 Å². The van der Waals surface area contributed by atoms with Crippen LogP contribution >= 0.6 is 0 Å². The summed E-state index contributed by atoms with van der Waals surface area (Å²) in [6, 6.07) is 10.8. The van der Waals surface area contributed by atoms with E-state index < -0.39 is 15.9 Å². The van der Waals surface area contributed by atoms with E-state index in [9.17, 15) is 17.6 Å². The van der Waals surface area contributed by atoms with Crippen LogP contribution in [-0.2, 0) is 16.3 Å². The number of hydrogen-bond acceptors (Lipinski definition) is 6. The van der Waals surface area contributed by atoms with Crippen molar-refractivity contribution in [3.05, 3.63) is 59.5 Å². The summed E-state index contributed by atoms with van der Waals surface area (Å²) in [7, 11) is -3.03. The number of aromatic nitrogens is 1. The fourth-order valence-electron chi connectivity index (χ4n) is 2.61. The smallest absolute Gasteiger partial charge is 0.390 e. The predicted molar refractivity (Wildman–Crippen MR) is 92.8 cm³/mol. The molecule has 0 spiro atoms. The van der Waals surface area contributed by atoms with Crippen LogP contribution in [-0.4, -0.2) is 37.0 Å². The molecule has 3 rings (SSSR count). The van der Waals surface area contributed by atoms with E-state index in [1.165, 1.54) is 18.2 Å². The van der Waals surface area contributed by atoms with E-state index >= 15 is 0 Å². The van der Waals surface area contributed by atoms with E-state index in [1.54, 1.807) is 24.3 Å². The van der Waals surface area contributed by atoms with Crippen LogP contribution < -0.4 is 15.6 Å². The number of ether oxygens (including phenoxy) is 1. The Hall–Kier alpha value is -2.52. The van der Waals surface area contributed by atoms with Crippen LogP contribution in [0, 0.1) is 5.82 Å². The molecule has 2 aromatic rings. The van der Waals surface area contributed by atoms with E-state index in [-0.39, 0.29) is 29.2 Å². The summed E-state index contributed by atoms with van der Waals surface area (Å²) in [4.78, 5) is 16.0. The van der Waals surface area contributed by atoms with Crippen molar-refractivity contribution in [3.63, 3.8) is 0 Å². The zero-order valence-corrected chi connectivity index (χ0v) is 14.6. The molecule has 1 aromatic carbocycles. The summed E-state index contributed by atoms with van der Waals surface area (Å²) >= 11 is 0. The number of benzene rings is 1. The van der Waals surface area contributed by atoms with E-state index in [0.717, 1.165) is 5.56 Å². The van der Waals surface area contributed by atoms with Gasteiger partial charge in [0.15, 0.2) is 9.84 Å². The number of carbonyl (C=O) groups excluding carboxylic acids is 1. The summed E-state index contributed by atoms with van der Waals surface area (Å²) < 4.78 is 40.8. The summed E-state index contributed by atoms with van der Waals surface area (Å²) in [6.07, 6.45) is 0.131. The summed E-state index contributed by atoms with van der Waals surface area (Å²) in [5.74, 6) is -0.103. The van der Waals surface area contributed by atoms with Crippen LogP contribution in [0.25, 0.3) is 0 Å². The zero-order valence-electron chi connectivity index (χ0n) is 13.8. The minimum atomic E-state index is -3.03. The lowest BCUT2D eigenvalue weighted by Crippen LogP contribution is -2.46. The number of nitrogens with zero attached hydrogens (tertiary/aromatic N) is 1. The maximum Gasteiger partial charge on any atom is 0.428 e. The molecule has 26 heavy (non-hydrogen) atoms. The van der Waals surface area contributed by atoms with Crippen LogP contribution in [0.4, 0.5) is 9.18 Å². The minimum absolute atomic E-state index is 0.0152. The lowest BCUT2D eigenvalue weighted by molar-refractivity contribution is 0.191. The molecule has 1 amide bonds. The second-order valence-corrected chi connectivity index (χ2v) is 8.26. The Morgan fingerprint density at radius 1 is 1.23 bits per heavy atom. The SMILES string of the molecule is O=C(NNC1CCS(=O)(=O)C1)Oc1cccc(Cc2ccc(F)cc2)n1. The van der Waals surface area contributed by atoms with Gasteiger partial charge in [0.25, 0.3) is 0 Å². The first-order valence-electron chi connectivity index (χ1n) is 8.04. The van der Waals surface area contributed by atoms with Gasteiger partial charge in [0, 0.05) is 24.2 Å². The van der Waals surface area contributed by atoms with Gasteiger partial charge in [-0.25, -0.2) is 28.0 Å². The normalized spacial score (nSPS) is 18.4. The van der Waals surface area contributed by atoms with Gasteiger partial charge in [0.2, 0.25) is 5.88 Å². The van der Waals surface area contributed by atoms with E-state index in [0.29, 0.717) is 18.5 Å². The molecule has 1 atom stereocenters. The molecule has 0 saturated carbocycles. The highest BCUT2D eigenvalue weighted by Gasteiger charge is 2.28. The molecular weight excluding hydrogens is 361 g/mol. The van der Waals surface area contributed by atoms with Crippen molar-refractivity contribution in [1.82, 2.24) is 15.8 Å². The van der Waals surface area contributed by atoms with Gasteiger partial charge in [-0.05, 0) is 30.2 Å². The Bertz CT molecular complexity index is 887. The number of rotatable bonds is 5. The average Bonchev–Trinajstić information content (AvgIpc) is 2.95. The van der Waals surface area contributed by atoms with Crippen LogP contribution in [0.3, 0.4) is 0 Å². The van der Waals surface area contributed by atoms with Crippen LogP contribution in [0.15, 0.2) is 42.5 Å². The number of halogens is 1. The Kier molecular flexibility index (Phi) is 5.48.